The summed E-state index contributed by atoms with van der Waals surface area (Å²) < 4.78 is 10.3. The van der Waals surface area contributed by atoms with Crippen LogP contribution in [0.1, 0.15) is 12.6 Å². The third-order valence-corrected chi connectivity index (χ3v) is 2.70. The number of nitrogens with zero attached hydrogens (tertiary/aromatic N) is 3. The second-order valence-electron chi connectivity index (χ2n) is 4.20. The van der Waals surface area contributed by atoms with Crippen molar-refractivity contribution in [2.24, 2.45) is 0 Å². The average molecular weight is 254 g/mol. The van der Waals surface area contributed by atoms with Gasteiger partial charge in [0.2, 0.25) is 0 Å². The minimum Gasteiger partial charge on any atom is -0.383 e. The predicted molar refractivity (Wildman–Crippen MR) is 70.1 cm³/mol. The van der Waals surface area contributed by atoms with Gasteiger partial charge in [-0.15, -0.1) is 0 Å². The summed E-state index contributed by atoms with van der Waals surface area (Å²) in [6, 6.07) is 0.296. The standard InChI is InChI=1S/C12H22N4O2/c1-10(9-18-3)16(4-5-17-2)8-11-6-15-12(13)7-14-11/h6-7,10H,4-5,8-9H2,1-3H3,(H2,13,15). The molecule has 6 nitrogen and oxygen atoms in total. The summed E-state index contributed by atoms with van der Waals surface area (Å²) in [4.78, 5) is 10.5. The lowest BCUT2D eigenvalue weighted by molar-refractivity contribution is 0.0697. The fourth-order valence-corrected chi connectivity index (χ4v) is 1.66. The van der Waals surface area contributed by atoms with Gasteiger partial charge in [-0.25, -0.2) is 4.98 Å². The molecule has 0 aliphatic carbocycles. The van der Waals surface area contributed by atoms with E-state index in [1.165, 1.54) is 0 Å². The van der Waals surface area contributed by atoms with E-state index in [0.717, 1.165) is 12.2 Å². The first-order valence-electron chi connectivity index (χ1n) is 5.95. The van der Waals surface area contributed by atoms with Crippen LogP contribution in [0, 0.1) is 0 Å². The van der Waals surface area contributed by atoms with Gasteiger partial charge >= 0.3 is 0 Å². The summed E-state index contributed by atoms with van der Waals surface area (Å²) in [5, 5.41) is 0. The number of rotatable bonds is 8. The van der Waals surface area contributed by atoms with Crippen LogP contribution in [-0.4, -0.2) is 54.9 Å². The molecule has 2 N–H and O–H groups in total. The van der Waals surface area contributed by atoms with Crippen molar-refractivity contribution < 1.29 is 9.47 Å². The molecule has 0 radical (unpaired) electrons. The zero-order valence-electron chi connectivity index (χ0n) is 11.3. The summed E-state index contributed by atoms with van der Waals surface area (Å²) in [5.41, 5.74) is 6.41. The van der Waals surface area contributed by atoms with Gasteiger partial charge in [-0.2, -0.15) is 0 Å². The molecule has 18 heavy (non-hydrogen) atoms. The Balaban J connectivity index is 2.61. The zero-order valence-corrected chi connectivity index (χ0v) is 11.3. The Bertz CT molecular complexity index is 331. The van der Waals surface area contributed by atoms with E-state index < -0.39 is 0 Å². The molecule has 0 amide bonds. The summed E-state index contributed by atoms with van der Waals surface area (Å²) >= 11 is 0. The first-order chi connectivity index (χ1) is 8.67. The van der Waals surface area contributed by atoms with Crippen LogP contribution in [0.5, 0.6) is 0 Å². The third-order valence-electron chi connectivity index (χ3n) is 2.70. The van der Waals surface area contributed by atoms with Gasteiger partial charge in [-0.05, 0) is 6.92 Å². The van der Waals surface area contributed by atoms with Crippen molar-refractivity contribution in [3.8, 4) is 0 Å². The van der Waals surface area contributed by atoms with Crippen LogP contribution in [0.25, 0.3) is 0 Å². The van der Waals surface area contributed by atoms with E-state index in [1.807, 2.05) is 0 Å². The molecule has 0 spiro atoms. The van der Waals surface area contributed by atoms with Crippen LogP contribution in [0.4, 0.5) is 5.82 Å². The van der Waals surface area contributed by atoms with Crippen LogP contribution in [0.15, 0.2) is 12.4 Å². The molecule has 0 aliphatic heterocycles. The number of aromatic nitrogens is 2. The van der Waals surface area contributed by atoms with E-state index >= 15 is 0 Å². The molecule has 102 valence electrons. The van der Waals surface area contributed by atoms with E-state index in [9.17, 15) is 0 Å². The van der Waals surface area contributed by atoms with Crippen LogP contribution < -0.4 is 5.73 Å². The van der Waals surface area contributed by atoms with Crippen molar-refractivity contribution in [2.45, 2.75) is 19.5 Å². The van der Waals surface area contributed by atoms with E-state index in [1.54, 1.807) is 26.6 Å². The van der Waals surface area contributed by atoms with Crippen molar-refractivity contribution in [3.05, 3.63) is 18.1 Å². The van der Waals surface area contributed by atoms with Crippen LogP contribution >= 0.6 is 0 Å². The lowest BCUT2D eigenvalue weighted by atomic mass is 10.2. The van der Waals surface area contributed by atoms with E-state index in [2.05, 4.69) is 21.8 Å². The Morgan fingerprint density at radius 1 is 1.28 bits per heavy atom. The molecule has 1 aromatic heterocycles. The molecule has 0 fully saturated rings. The van der Waals surface area contributed by atoms with Gasteiger partial charge in [0.1, 0.15) is 5.82 Å². The minimum absolute atomic E-state index is 0.296. The highest BCUT2D eigenvalue weighted by Crippen LogP contribution is 2.06. The summed E-state index contributed by atoms with van der Waals surface area (Å²) in [5.74, 6) is 0.437. The fourth-order valence-electron chi connectivity index (χ4n) is 1.66. The Labute approximate surface area is 108 Å². The highest BCUT2D eigenvalue weighted by molar-refractivity contribution is 5.22. The topological polar surface area (TPSA) is 73.5 Å². The van der Waals surface area contributed by atoms with Crippen molar-refractivity contribution in [2.75, 3.05) is 39.7 Å². The van der Waals surface area contributed by atoms with Crippen molar-refractivity contribution >= 4 is 5.82 Å². The van der Waals surface area contributed by atoms with Gasteiger partial charge in [0.05, 0.1) is 31.3 Å². The number of methoxy groups -OCH3 is 2. The average Bonchev–Trinajstić information content (AvgIpc) is 2.37. The molecule has 0 bridgehead atoms. The lowest BCUT2D eigenvalue weighted by Crippen LogP contribution is -2.38. The first kappa shape index (κ1) is 14.8. The van der Waals surface area contributed by atoms with E-state index in [-0.39, 0.29) is 0 Å². The van der Waals surface area contributed by atoms with E-state index in [4.69, 9.17) is 15.2 Å². The monoisotopic (exact) mass is 254 g/mol. The summed E-state index contributed by atoms with van der Waals surface area (Å²) in [7, 11) is 3.40. The highest BCUT2D eigenvalue weighted by atomic mass is 16.5. The lowest BCUT2D eigenvalue weighted by Gasteiger charge is -2.27. The fraction of sp³-hybridized carbons (Fsp3) is 0.667. The molecular formula is C12H22N4O2. The van der Waals surface area contributed by atoms with Crippen molar-refractivity contribution in [3.63, 3.8) is 0 Å². The normalized spacial score (nSPS) is 12.9. The predicted octanol–water partition coefficient (Wildman–Crippen LogP) is 0.542. The number of anilines is 1. The van der Waals surface area contributed by atoms with Crippen LogP contribution in [-0.2, 0) is 16.0 Å². The zero-order chi connectivity index (χ0) is 13.4. The number of hydrogen-bond acceptors (Lipinski definition) is 6. The maximum absolute atomic E-state index is 5.52. The van der Waals surface area contributed by atoms with Gasteiger partial charge in [0.25, 0.3) is 0 Å². The summed E-state index contributed by atoms with van der Waals surface area (Å²) in [6.07, 6.45) is 3.28. The third kappa shape index (κ3) is 4.95. The Hall–Kier alpha value is -1.24. The van der Waals surface area contributed by atoms with Gasteiger partial charge in [-0.3, -0.25) is 9.88 Å². The number of hydrogen-bond donors (Lipinski definition) is 1. The number of nitrogens with two attached hydrogens (primary N) is 1. The minimum atomic E-state index is 0.296. The SMILES string of the molecule is COCCN(Cc1cnc(N)cn1)C(C)COC. The van der Waals surface area contributed by atoms with Gasteiger partial charge in [-0.1, -0.05) is 0 Å². The van der Waals surface area contributed by atoms with E-state index in [0.29, 0.717) is 31.6 Å². The molecule has 1 unspecified atom stereocenters. The molecule has 1 atom stereocenters. The van der Waals surface area contributed by atoms with Crippen LogP contribution in [0.3, 0.4) is 0 Å². The molecule has 1 heterocycles. The molecule has 0 aliphatic rings. The molecule has 0 saturated carbocycles. The van der Waals surface area contributed by atoms with Gasteiger partial charge < -0.3 is 15.2 Å². The number of nitrogen functional groups attached to an aromatic ring is 1. The molecule has 0 saturated heterocycles. The Kier molecular flexibility index (Phi) is 6.56. The van der Waals surface area contributed by atoms with Crippen molar-refractivity contribution in [1.82, 2.24) is 14.9 Å². The van der Waals surface area contributed by atoms with Crippen molar-refractivity contribution in [1.29, 1.82) is 0 Å². The smallest absolute Gasteiger partial charge is 0.141 e. The second-order valence-corrected chi connectivity index (χ2v) is 4.20. The molecule has 6 heteroatoms. The quantitative estimate of drug-likeness (QED) is 0.730. The molecule has 1 aromatic rings. The Morgan fingerprint density at radius 2 is 2.06 bits per heavy atom. The highest BCUT2D eigenvalue weighted by Gasteiger charge is 2.14. The molecular weight excluding hydrogens is 232 g/mol. The number of ether oxygens (including phenoxy) is 2. The second kappa shape index (κ2) is 7.97. The van der Waals surface area contributed by atoms with Gasteiger partial charge in [0, 0.05) is 33.4 Å². The van der Waals surface area contributed by atoms with Gasteiger partial charge in [0.15, 0.2) is 0 Å². The Morgan fingerprint density at radius 3 is 2.61 bits per heavy atom. The maximum Gasteiger partial charge on any atom is 0.141 e. The largest absolute Gasteiger partial charge is 0.383 e. The molecule has 0 aromatic carbocycles. The first-order valence-corrected chi connectivity index (χ1v) is 5.95. The maximum atomic E-state index is 5.52. The van der Waals surface area contributed by atoms with Crippen LogP contribution in [0.2, 0.25) is 0 Å². The summed E-state index contributed by atoms with van der Waals surface area (Å²) in [6.45, 7) is 5.00. The molecule has 1 rings (SSSR count).